The normalized spacial score (nSPS) is 11.8. The van der Waals surface area contributed by atoms with Crippen LogP contribution >= 0.6 is 34.3 Å². The summed E-state index contributed by atoms with van der Waals surface area (Å²) in [6, 6.07) is 13.8. The summed E-state index contributed by atoms with van der Waals surface area (Å²) in [5.74, 6) is 0. The Morgan fingerprint density at radius 2 is 1.29 bits per heavy atom. The summed E-state index contributed by atoms with van der Waals surface area (Å²) >= 11 is 8.08. The molecule has 0 amide bonds. The highest BCUT2D eigenvalue weighted by molar-refractivity contribution is 7.23. The Morgan fingerprint density at radius 3 is 1.90 bits per heavy atom. The minimum Gasteiger partial charge on any atom is -0.165 e. The maximum absolute atomic E-state index is 12.6. The summed E-state index contributed by atoms with van der Waals surface area (Å²) in [6.07, 6.45) is -4.28. The second-order valence-corrected chi connectivity index (χ2v) is 6.94. The molecule has 0 fully saturated rings. The minimum atomic E-state index is -4.28. The molecule has 0 aliphatic heterocycles. The number of alkyl halides is 3. The van der Waals surface area contributed by atoms with Crippen LogP contribution in [0.4, 0.5) is 13.2 Å². The van der Waals surface area contributed by atoms with E-state index in [4.69, 9.17) is 11.6 Å². The van der Waals surface area contributed by atoms with E-state index in [1.165, 1.54) is 17.4 Å². The third kappa shape index (κ3) is 3.15. The molecule has 0 radical (unpaired) electrons. The van der Waals surface area contributed by atoms with Gasteiger partial charge in [-0.2, -0.15) is 13.2 Å². The van der Waals surface area contributed by atoms with E-state index in [2.05, 4.69) is 0 Å². The summed E-state index contributed by atoms with van der Waals surface area (Å²) in [6.45, 7) is 0. The smallest absolute Gasteiger partial charge is 0.165 e. The molecule has 3 rings (SSSR count). The van der Waals surface area contributed by atoms with Crippen molar-refractivity contribution in [3.8, 4) is 20.2 Å². The number of hydrogen-bond acceptors (Lipinski definition) is 2. The van der Waals surface area contributed by atoms with E-state index in [0.717, 1.165) is 32.7 Å². The van der Waals surface area contributed by atoms with Crippen molar-refractivity contribution in [2.24, 2.45) is 0 Å². The fourth-order valence-corrected chi connectivity index (χ4v) is 3.96. The highest BCUT2D eigenvalue weighted by Gasteiger charge is 2.32. The van der Waals surface area contributed by atoms with Crippen LogP contribution in [0, 0.1) is 0 Å². The molecule has 0 bridgehead atoms. The Hall–Kier alpha value is -1.30. The van der Waals surface area contributed by atoms with Gasteiger partial charge in [0.25, 0.3) is 0 Å². The zero-order valence-electron chi connectivity index (χ0n) is 10.4. The molecular formula is C15H8ClF3S2. The SMILES string of the molecule is FC(F)(F)c1ccc(-c2ccc(-c3ccc(Cl)cc3)s2)s1. The third-order valence-corrected chi connectivity index (χ3v) is 5.58. The van der Waals surface area contributed by atoms with Gasteiger partial charge in [-0.3, -0.25) is 0 Å². The minimum absolute atomic E-state index is 0.570. The zero-order valence-corrected chi connectivity index (χ0v) is 12.8. The maximum atomic E-state index is 12.6. The third-order valence-electron chi connectivity index (χ3n) is 2.86. The Bertz CT molecular complexity index is 754. The van der Waals surface area contributed by atoms with Crippen LogP contribution in [0.5, 0.6) is 0 Å². The van der Waals surface area contributed by atoms with Crippen molar-refractivity contribution in [3.05, 3.63) is 58.4 Å². The summed E-state index contributed by atoms with van der Waals surface area (Å²) in [7, 11) is 0. The Balaban J connectivity index is 1.91. The highest BCUT2D eigenvalue weighted by Crippen LogP contribution is 2.42. The molecule has 2 aromatic heterocycles. The average Bonchev–Trinajstić information content (AvgIpc) is 3.07. The van der Waals surface area contributed by atoms with Crippen LogP contribution in [0.3, 0.4) is 0 Å². The first-order chi connectivity index (χ1) is 9.93. The van der Waals surface area contributed by atoms with Crippen molar-refractivity contribution in [2.45, 2.75) is 6.18 Å². The average molecular weight is 345 g/mol. The Labute approximate surface area is 132 Å². The number of halogens is 4. The largest absolute Gasteiger partial charge is 0.425 e. The van der Waals surface area contributed by atoms with E-state index in [1.54, 1.807) is 12.1 Å². The standard InChI is InChI=1S/C15H8ClF3S2/c16-10-3-1-9(2-4-10)11-5-6-12(20-11)13-7-8-14(21-13)15(17,18)19/h1-8H. The zero-order chi connectivity index (χ0) is 15.0. The van der Waals surface area contributed by atoms with Crippen molar-refractivity contribution >= 4 is 34.3 Å². The fourth-order valence-electron chi connectivity index (χ4n) is 1.86. The quantitative estimate of drug-likeness (QED) is 0.478. The topological polar surface area (TPSA) is 0 Å². The van der Waals surface area contributed by atoms with Crippen LogP contribution in [-0.4, -0.2) is 0 Å². The first-order valence-corrected chi connectivity index (χ1v) is 7.98. The first-order valence-electron chi connectivity index (χ1n) is 5.97. The van der Waals surface area contributed by atoms with Crippen molar-refractivity contribution in [1.82, 2.24) is 0 Å². The highest BCUT2D eigenvalue weighted by atomic mass is 35.5. The number of hydrogen-bond donors (Lipinski definition) is 0. The van der Waals surface area contributed by atoms with E-state index in [1.807, 2.05) is 24.3 Å². The Kier molecular flexibility index (Phi) is 3.82. The van der Waals surface area contributed by atoms with E-state index in [0.29, 0.717) is 9.90 Å². The van der Waals surface area contributed by atoms with Gasteiger partial charge in [-0.1, -0.05) is 23.7 Å². The summed E-state index contributed by atoms with van der Waals surface area (Å²) < 4.78 is 37.9. The molecule has 0 N–H and O–H groups in total. The molecule has 3 aromatic rings. The molecule has 2 heterocycles. The van der Waals surface area contributed by atoms with Crippen LogP contribution in [0.2, 0.25) is 5.02 Å². The van der Waals surface area contributed by atoms with Crippen LogP contribution in [-0.2, 0) is 6.18 Å². The first kappa shape index (κ1) is 14.6. The fraction of sp³-hybridized carbons (Fsp3) is 0.0667. The number of thiophene rings is 2. The maximum Gasteiger partial charge on any atom is 0.425 e. The van der Waals surface area contributed by atoms with Gasteiger partial charge in [0.05, 0.1) is 0 Å². The second kappa shape index (κ2) is 5.48. The van der Waals surface area contributed by atoms with Crippen LogP contribution in [0.1, 0.15) is 4.88 Å². The van der Waals surface area contributed by atoms with Gasteiger partial charge in [0.15, 0.2) is 0 Å². The van der Waals surface area contributed by atoms with Crippen molar-refractivity contribution < 1.29 is 13.2 Å². The summed E-state index contributed by atoms with van der Waals surface area (Å²) in [5.41, 5.74) is 1.00. The summed E-state index contributed by atoms with van der Waals surface area (Å²) in [4.78, 5) is 1.90. The molecule has 0 atom stereocenters. The molecular weight excluding hydrogens is 337 g/mol. The molecule has 0 spiro atoms. The molecule has 0 saturated heterocycles. The lowest BCUT2D eigenvalue weighted by molar-refractivity contribution is -0.134. The predicted octanol–water partition coefficient (Wildman–Crippen LogP) is 6.82. The molecule has 6 heteroatoms. The van der Waals surface area contributed by atoms with E-state index in [9.17, 15) is 13.2 Å². The van der Waals surface area contributed by atoms with Gasteiger partial charge in [-0.25, -0.2) is 0 Å². The molecule has 0 nitrogen and oxygen atoms in total. The van der Waals surface area contributed by atoms with Crippen molar-refractivity contribution in [3.63, 3.8) is 0 Å². The van der Waals surface area contributed by atoms with Gasteiger partial charge >= 0.3 is 6.18 Å². The Morgan fingerprint density at radius 1 is 0.714 bits per heavy atom. The van der Waals surface area contributed by atoms with Gasteiger partial charge in [-0.05, 0) is 42.0 Å². The van der Waals surface area contributed by atoms with Crippen LogP contribution < -0.4 is 0 Å². The second-order valence-electron chi connectivity index (χ2n) is 4.33. The van der Waals surface area contributed by atoms with Gasteiger partial charge in [0.1, 0.15) is 4.88 Å². The van der Waals surface area contributed by atoms with Crippen LogP contribution in [0.25, 0.3) is 20.2 Å². The molecule has 0 saturated carbocycles. The van der Waals surface area contributed by atoms with Gasteiger partial charge in [0.2, 0.25) is 0 Å². The molecule has 0 aliphatic rings. The molecule has 1 aromatic carbocycles. The van der Waals surface area contributed by atoms with Gasteiger partial charge in [0, 0.05) is 19.7 Å². The van der Waals surface area contributed by atoms with E-state index < -0.39 is 11.1 Å². The number of benzene rings is 1. The van der Waals surface area contributed by atoms with Crippen molar-refractivity contribution in [1.29, 1.82) is 0 Å². The predicted molar refractivity (Wildman–Crippen MR) is 83.1 cm³/mol. The van der Waals surface area contributed by atoms with Gasteiger partial charge < -0.3 is 0 Å². The van der Waals surface area contributed by atoms with Crippen molar-refractivity contribution in [2.75, 3.05) is 0 Å². The van der Waals surface area contributed by atoms with E-state index >= 15 is 0 Å². The summed E-state index contributed by atoms with van der Waals surface area (Å²) in [5, 5.41) is 0.656. The van der Waals surface area contributed by atoms with E-state index in [-0.39, 0.29) is 0 Å². The number of rotatable bonds is 2. The molecule has 0 unspecified atom stereocenters. The molecule has 108 valence electrons. The lowest BCUT2D eigenvalue weighted by Gasteiger charge is -2.00. The molecule has 0 aliphatic carbocycles. The lowest BCUT2D eigenvalue weighted by Crippen LogP contribution is -2.00. The lowest BCUT2D eigenvalue weighted by atomic mass is 10.2. The monoisotopic (exact) mass is 344 g/mol. The van der Waals surface area contributed by atoms with Crippen LogP contribution in [0.15, 0.2) is 48.5 Å². The van der Waals surface area contributed by atoms with Gasteiger partial charge in [-0.15, -0.1) is 22.7 Å². The molecule has 21 heavy (non-hydrogen) atoms.